The lowest BCUT2D eigenvalue weighted by Crippen LogP contribution is -2.17. The lowest BCUT2D eigenvalue weighted by atomic mass is 10.2. The number of nitro benzene ring substituents is 1. The average molecular weight is 310 g/mol. The van der Waals surface area contributed by atoms with Crippen LogP contribution in [0.15, 0.2) is 18.2 Å². The quantitative estimate of drug-likeness (QED) is 0.483. The van der Waals surface area contributed by atoms with Crippen molar-refractivity contribution >= 4 is 17.0 Å². The minimum Gasteiger partial charge on any atom is -0.316 e. The largest absolute Gasteiger partial charge is 0.316 e. The van der Waals surface area contributed by atoms with Gasteiger partial charge in [-0.2, -0.15) is 0 Å². The number of rotatable bonds is 7. The van der Waals surface area contributed by atoms with Gasteiger partial charge in [0.1, 0.15) is 15.8 Å². The molecule has 0 radical (unpaired) electrons. The molecule has 2 aromatic rings. The first-order valence-electron chi connectivity index (χ1n) is 6.58. The molecule has 0 unspecified atom stereocenters. The summed E-state index contributed by atoms with van der Waals surface area (Å²) in [6.07, 6.45) is 1.80. The molecule has 0 aliphatic rings. The van der Waals surface area contributed by atoms with Gasteiger partial charge in [-0.15, -0.1) is 10.2 Å². The zero-order chi connectivity index (χ0) is 15.2. The minimum absolute atomic E-state index is 0.286. The first-order chi connectivity index (χ1) is 10.1. The van der Waals surface area contributed by atoms with Crippen molar-refractivity contribution in [1.29, 1.82) is 0 Å². The van der Waals surface area contributed by atoms with E-state index in [1.54, 1.807) is 0 Å². The zero-order valence-electron chi connectivity index (χ0n) is 11.5. The van der Waals surface area contributed by atoms with Gasteiger partial charge >= 0.3 is 0 Å². The molecule has 112 valence electrons. The third-order valence-electron chi connectivity index (χ3n) is 2.75. The fourth-order valence-corrected chi connectivity index (χ4v) is 2.60. The molecular formula is C13H15FN4O2S. The molecule has 0 aliphatic carbocycles. The number of hydrogen-bond donors (Lipinski definition) is 1. The molecule has 1 aromatic heterocycles. The first-order valence-corrected chi connectivity index (χ1v) is 7.40. The van der Waals surface area contributed by atoms with Crippen LogP contribution in [0.1, 0.15) is 18.4 Å². The van der Waals surface area contributed by atoms with Crippen molar-refractivity contribution in [2.24, 2.45) is 0 Å². The zero-order valence-corrected chi connectivity index (χ0v) is 12.3. The van der Waals surface area contributed by atoms with Gasteiger partial charge in [0, 0.05) is 24.6 Å². The van der Waals surface area contributed by atoms with E-state index in [0.29, 0.717) is 10.6 Å². The molecule has 0 bridgehead atoms. The second-order valence-electron chi connectivity index (χ2n) is 4.46. The maximum Gasteiger partial charge on any atom is 0.273 e. The van der Waals surface area contributed by atoms with Crippen LogP contribution in [0.4, 0.5) is 10.1 Å². The maximum absolute atomic E-state index is 13.4. The standard InChI is InChI=1S/C13H15FN4O2S/c1-2-4-15-5-3-12-16-17-13(21-12)9-6-10(14)8-11(7-9)18(19)20/h6-8,15H,2-5H2,1H3. The Balaban J connectivity index is 2.12. The number of benzene rings is 1. The summed E-state index contributed by atoms with van der Waals surface area (Å²) < 4.78 is 13.4. The summed E-state index contributed by atoms with van der Waals surface area (Å²) in [5.74, 6) is -0.652. The average Bonchev–Trinajstić information content (AvgIpc) is 2.92. The first kappa shape index (κ1) is 15.5. The van der Waals surface area contributed by atoms with Gasteiger partial charge in [-0.05, 0) is 19.0 Å². The second-order valence-corrected chi connectivity index (χ2v) is 5.52. The molecule has 6 nitrogen and oxygen atoms in total. The van der Waals surface area contributed by atoms with Gasteiger partial charge in [0.05, 0.1) is 11.0 Å². The smallest absolute Gasteiger partial charge is 0.273 e. The Kier molecular flexibility index (Phi) is 5.29. The summed E-state index contributed by atoms with van der Waals surface area (Å²) in [5.41, 5.74) is 0.0957. The lowest BCUT2D eigenvalue weighted by molar-refractivity contribution is -0.385. The van der Waals surface area contributed by atoms with Gasteiger partial charge in [0.25, 0.3) is 5.69 Å². The topological polar surface area (TPSA) is 81.0 Å². The molecule has 0 fully saturated rings. The van der Waals surface area contributed by atoms with E-state index >= 15 is 0 Å². The molecule has 0 aliphatic heterocycles. The number of nitrogens with one attached hydrogen (secondary N) is 1. The predicted octanol–water partition coefficient (Wildman–Crippen LogP) is 2.79. The third-order valence-corrected chi connectivity index (χ3v) is 3.78. The van der Waals surface area contributed by atoms with Crippen LogP contribution in [0.2, 0.25) is 0 Å². The van der Waals surface area contributed by atoms with Gasteiger partial charge in [-0.1, -0.05) is 18.3 Å². The summed E-state index contributed by atoms with van der Waals surface area (Å²) in [4.78, 5) is 10.1. The summed E-state index contributed by atoms with van der Waals surface area (Å²) in [5, 5.41) is 23.3. The minimum atomic E-state index is -0.652. The Morgan fingerprint density at radius 3 is 2.86 bits per heavy atom. The number of nitrogens with zero attached hydrogens (tertiary/aromatic N) is 3. The lowest BCUT2D eigenvalue weighted by Gasteiger charge is -1.99. The van der Waals surface area contributed by atoms with Crippen molar-refractivity contribution in [1.82, 2.24) is 15.5 Å². The van der Waals surface area contributed by atoms with E-state index < -0.39 is 10.7 Å². The Bertz CT molecular complexity index is 632. The van der Waals surface area contributed by atoms with Crippen LogP contribution in [0, 0.1) is 15.9 Å². The van der Waals surface area contributed by atoms with Crippen LogP contribution in [0.25, 0.3) is 10.6 Å². The molecule has 0 saturated carbocycles. The Morgan fingerprint density at radius 2 is 2.14 bits per heavy atom. The molecule has 1 heterocycles. The van der Waals surface area contributed by atoms with E-state index in [9.17, 15) is 14.5 Å². The van der Waals surface area contributed by atoms with E-state index in [2.05, 4.69) is 22.4 Å². The molecule has 0 saturated heterocycles. The van der Waals surface area contributed by atoms with Crippen LogP contribution in [-0.2, 0) is 6.42 Å². The molecule has 2 rings (SSSR count). The molecule has 1 aromatic carbocycles. The Morgan fingerprint density at radius 1 is 1.33 bits per heavy atom. The van der Waals surface area contributed by atoms with Gasteiger partial charge in [-0.3, -0.25) is 10.1 Å². The summed E-state index contributed by atoms with van der Waals surface area (Å²) in [6, 6.07) is 3.43. The van der Waals surface area contributed by atoms with Crippen molar-refractivity contribution < 1.29 is 9.31 Å². The number of halogens is 1. The van der Waals surface area contributed by atoms with Crippen molar-refractivity contribution in [2.75, 3.05) is 13.1 Å². The highest BCUT2D eigenvalue weighted by molar-refractivity contribution is 7.14. The molecular weight excluding hydrogens is 295 g/mol. The second kappa shape index (κ2) is 7.19. The number of hydrogen-bond acceptors (Lipinski definition) is 6. The van der Waals surface area contributed by atoms with Crippen LogP contribution in [0.3, 0.4) is 0 Å². The number of aromatic nitrogens is 2. The molecule has 0 amide bonds. The Labute approximate surface area is 125 Å². The highest BCUT2D eigenvalue weighted by Crippen LogP contribution is 2.28. The third kappa shape index (κ3) is 4.27. The van der Waals surface area contributed by atoms with Crippen molar-refractivity contribution in [2.45, 2.75) is 19.8 Å². The number of non-ortho nitro benzene ring substituents is 1. The van der Waals surface area contributed by atoms with Gasteiger partial charge in [0.15, 0.2) is 0 Å². The van der Waals surface area contributed by atoms with E-state index in [1.165, 1.54) is 23.5 Å². The molecule has 0 spiro atoms. The van der Waals surface area contributed by atoms with Gasteiger partial charge < -0.3 is 5.32 Å². The monoisotopic (exact) mass is 310 g/mol. The highest BCUT2D eigenvalue weighted by atomic mass is 32.1. The highest BCUT2D eigenvalue weighted by Gasteiger charge is 2.14. The van der Waals surface area contributed by atoms with Crippen LogP contribution < -0.4 is 5.32 Å². The molecule has 1 N–H and O–H groups in total. The number of nitro groups is 1. The van der Waals surface area contributed by atoms with E-state index in [1.807, 2.05) is 0 Å². The SMILES string of the molecule is CCCNCCc1nnc(-c2cc(F)cc([N+](=O)[O-])c2)s1. The van der Waals surface area contributed by atoms with E-state index in [0.717, 1.165) is 37.0 Å². The molecule has 21 heavy (non-hydrogen) atoms. The van der Waals surface area contributed by atoms with Crippen molar-refractivity contribution in [3.63, 3.8) is 0 Å². The summed E-state index contributed by atoms with van der Waals surface area (Å²) in [6.45, 7) is 3.83. The van der Waals surface area contributed by atoms with Crippen LogP contribution >= 0.6 is 11.3 Å². The normalized spacial score (nSPS) is 10.8. The van der Waals surface area contributed by atoms with Crippen LogP contribution in [-0.4, -0.2) is 28.2 Å². The van der Waals surface area contributed by atoms with E-state index in [4.69, 9.17) is 0 Å². The Hall–Kier alpha value is -1.93. The summed E-state index contributed by atoms with van der Waals surface area (Å²) >= 11 is 1.32. The van der Waals surface area contributed by atoms with Crippen molar-refractivity contribution in [3.05, 3.63) is 39.1 Å². The van der Waals surface area contributed by atoms with E-state index in [-0.39, 0.29) is 5.69 Å². The van der Waals surface area contributed by atoms with Gasteiger partial charge in [-0.25, -0.2) is 4.39 Å². The maximum atomic E-state index is 13.4. The van der Waals surface area contributed by atoms with Crippen molar-refractivity contribution in [3.8, 4) is 10.6 Å². The van der Waals surface area contributed by atoms with Gasteiger partial charge in [0.2, 0.25) is 0 Å². The predicted molar refractivity (Wildman–Crippen MR) is 78.8 cm³/mol. The van der Waals surface area contributed by atoms with Crippen LogP contribution in [0.5, 0.6) is 0 Å². The fourth-order valence-electron chi connectivity index (χ4n) is 1.77. The summed E-state index contributed by atoms with van der Waals surface area (Å²) in [7, 11) is 0. The fraction of sp³-hybridized carbons (Fsp3) is 0.385. The molecule has 8 heteroatoms. The molecule has 0 atom stereocenters.